The quantitative estimate of drug-likeness (QED) is 0.854. The predicted octanol–water partition coefficient (Wildman–Crippen LogP) is 1.54. The van der Waals surface area contributed by atoms with Gasteiger partial charge in [0.2, 0.25) is 0 Å². The Labute approximate surface area is 98.7 Å². The number of fused-ring (bicyclic) bond motifs is 1. The largest absolute Gasteiger partial charge is 0.394 e. The molecular weight excluding hydrogens is 226 g/mol. The molecule has 2 aromatic rings. The Morgan fingerprint density at radius 1 is 1.62 bits per heavy atom. The first kappa shape index (κ1) is 11.4. The molecule has 0 aromatic carbocycles. The molecule has 5 heteroatoms. The molecule has 0 spiro atoms. The lowest BCUT2D eigenvalue weighted by Gasteiger charge is -2.10. The zero-order chi connectivity index (χ0) is 11.7. The van der Waals surface area contributed by atoms with Crippen molar-refractivity contribution in [3.05, 3.63) is 34.9 Å². The maximum Gasteiger partial charge on any atom is 0.155 e. The highest BCUT2D eigenvalue weighted by molar-refractivity contribution is 6.33. The number of hydrogen-bond acceptors (Lipinski definition) is 3. The molecule has 0 aliphatic heterocycles. The van der Waals surface area contributed by atoms with Crippen molar-refractivity contribution < 1.29 is 5.11 Å². The van der Waals surface area contributed by atoms with E-state index in [0.29, 0.717) is 5.15 Å². The van der Waals surface area contributed by atoms with Crippen LogP contribution in [0.1, 0.15) is 24.4 Å². The number of hydrogen-bond donors (Lipinski definition) is 2. The summed E-state index contributed by atoms with van der Waals surface area (Å²) in [7, 11) is 0. The van der Waals surface area contributed by atoms with Crippen molar-refractivity contribution in [1.82, 2.24) is 9.38 Å². The molecule has 0 fully saturated rings. The number of nitrogens with two attached hydrogens (primary N) is 1. The first-order chi connectivity index (χ1) is 7.69. The van der Waals surface area contributed by atoms with Gasteiger partial charge in [0, 0.05) is 12.6 Å². The van der Waals surface area contributed by atoms with Crippen molar-refractivity contribution in [2.75, 3.05) is 6.61 Å². The fraction of sp³-hybridized carbons (Fsp3) is 0.364. The van der Waals surface area contributed by atoms with Gasteiger partial charge in [-0.05, 0) is 11.6 Å². The second-order valence-electron chi connectivity index (χ2n) is 3.64. The zero-order valence-electron chi connectivity index (χ0n) is 9.02. The summed E-state index contributed by atoms with van der Waals surface area (Å²) < 4.78 is 1.92. The standard InChI is InChI=1S/C11H14ClN3O/c1-2-9-14-11(12)10-7(8(13)6-16)4-3-5-15(9)10/h3-5,8,16H,2,6,13H2,1H3. The summed E-state index contributed by atoms with van der Waals surface area (Å²) >= 11 is 6.09. The number of nitrogens with zero attached hydrogens (tertiary/aromatic N) is 2. The van der Waals surface area contributed by atoms with Crippen molar-refractivity contribution in [3.63, 3.8) is 0 Å². The topological polar surface area (TPSA) is 63.5 Å². The smallest absolute Gasteiger partial charge is 0.155 e. The minimum atomic E-state index is -0.428. The number of aliphatic hydroxyl groups is 1. The molecule has 16 heavy (non-hydrogen) atoms. The summed E-state index contributed by atoms with van der Waals surface area (Å²) in [4.78, 5) is 4.28. The molecule has 0 aliphatic rings. The number of pyridine rings is 1. The van der Waals surface area contributed by atoms with Crippen LogP contribution in [0.2, 0.25) is 5.15 Å². The van der Waals surface area contributed by atoms with E-state index in [4.69, 9.17) is 22.4 Å². The van der Waals surface area contributed by atoms with Crippen LogP contribution in [0.15, 0.2) is 18.3 Å². The van der Waals surface area contributed by atoms with Gasteiger partial charge in [-0.3, -0.25) is 0 Å². The number of halogens is 1. The third-order valence-corrected chi connectivity index (χ3v) is 2.90. The second kappa shape index (κ2) is 4.41. The average molecular weight is 240 g/mol. The van der Waals surface area contributed by atoms with E-state index in [2.05, 4.69) is 4.98 Å². The Morgan fingerprint density at radius 3 is 3.00 bits per heavy atom. The highest BCUT2D eigenvalue weighted by Crippen LogP contribution is 2.25. The molecule has 1 atom stereocenters. The first-order valence-electron chi connectivity index (χ1n) is 5.20. The van der Waals surface area contributed by atoms with Crippen LogP contribution in [0, 0.1) is 0 Å². The monoisotopic (exact) mass is 239 g/mol. The summed E-state index contributed by atoms with van der Waals surface area (Å²) in [6.07, 6.45) is 2.70. The molecule has 3 N–H and O–H groups in total. The number of aryl methyl sites for hydroxylation is 1. The number of rotatable bonds is 3. The van der Waals surface area contributed by atoms with E-state index in [1.165, 1.54) is 0 Å². The van der Waals surface area contributed by atoms with Gasteiger partial charge in [0.1, 0.15) is 5.82 Å². The fourth-order valence-corrected chi connectivity index (χ4v) is 2.12. The first-order valence-corrected chi connectivity index (χ1v) is 5.58. The van der Waals surface area contributed by atoms with Gasteiger partial charge < -0.3 is 15.2 Å². The van der Waals surface area contributed by atoms with Crippen molar-refractivity contribution >= 4 is 17.1 Å². The number of aromatic nitrogens is 2. The molecule has 0 aliphatic carbocycles. The molecular formula is C11H14ClN3O. The van der Waals surface area contributed by atoms with E-state index in [1.807, 2.05) is 29.7 Å². The van der Waals surface area contributed by atoms with E-state index in [9.17, 15) is 0 Å². The summed E-state index contributed by atoms with van der Waals surface area (Å²) in [6, 6.07) is 3.32. The predicted molar refractivity (Wildman–Crippen MR) is 63.6 cm³/mol. The fourth-order valence-electron chi connectivity index (χ4n) is 1.83. The van der Waals surface area contributed by atoms with E-state index in [1.54, 1.807) is 0 Å². The van der Waals surface area contributed by atoms with Crippen LogP contribution in [0.3, 0.4) is 0 Å². The third-order valence-electron chi connectivity index (χ3n) is 2.64. The number of aliphatic hydroxyl groups excluding tert-OH is 1. The van der Waals surface area contributed by atoms with Crippen molar-refractivity contribution in [1.29, 1.82) is 0 Å². The van der Waals surface area contributed by atoms with Crippen LogP contribution >= 0.6 is 11.6 Å². The van der Waals surface area contributed by atoms with E-state index >= 15 is 0 Å². The van der Waals surface area contributed by atoms with Gasteiger partial charge in [-0.1, -0.05) is 24.6 Å². The summed E-state index contributed by atoms with van der Waals surface area (Å²) in [6.45, 7) is 1.91. The highest BCUT2D eigenvalue weighted by atomic mass is 35.5. The highest BCUT2D eigenvalue weighted by Gasteiger charge is 2.15. The molecule has 0 amide bonds. The van der Waals surface area contributed by atoms with Gasteiger partial charge in [-0.2, -0.15) is 0 Å². The molecule has 1 unspecified atom stereocenters. The lowest BCUT2D eigenvalue weighted by molar-refractivity contribution is 0.268. The van der Waals surface area contributed by atoms with Crippen LogP contribution in [0.25, 0.3) is 5.52 Å². The SMILES string of the molecule is CCc1nc(Cl)c2c(C(N)CO)cccn12. The van der Waals surface area contributed by atoms with Crippen molar-refractivity contribution in [3.8, 4) is 0 Å². The van der Waals surface area contributed by atoms with Gasteiger partial charge in [-0.15, -0.1) is 0 Å². The molecule has 0 saturated heterocycles. The lowest BCUT2D eigenvalue weighted by atomic mass is 10.1. The van der Waals surface area contributed by atoms with Gasteiger partial charge in [0.05, 0.1) is 18.2 Å². The molecule has 2 rings (SSSR count). The Bertz CT molecular complexity index is 509. The van der Waals surface area contributed by atoms with E-state index in [0.717, 1.165) is 23.3 Å². The van der Waals surface area contributed by atoms with Crippen molar-refractivity contribution in [2.45, 2.75) is 19.4 Å². The minimum Gasteiger partial charge on any atom is -0.394 e. The Hall–Kier alpha value is -1.10. The molecule has 86 valence electrons. The van der Waals surface area contributed by atoms with Crippen LogP contribution in [0.5, 0.6) is 0 Å². The van der Waals surface area contributed by atoms with Gasteiger partial charge in [0.15, 0.2) is 5.15 Å². The van der Waals surface area contributed by atoms with Gasteiger partial charge in [-0.25, -0.2) is 4.98 Å². The molecule has 2 heterocycles. The Balaban J connectivity index is 2.72. The summed E-state index contributed by atoms with van der Waals surface area (Å²) in [5.41, 5.74) is 7.45. The van der Waals surface area contributed by atoms with Crippen LogP contribution in [0.4, 0.5) is 0 Å². The molecule has 0 saturated carbocycles. The van der Waals surface area contributed by atoms with Gasteiger partial charge >= 0.3 is 0 Å². The average Bonchev–Trinajstić information content (AvgIpc) is 2.65. The molecule has 0 bridgehead atoms. The maximum absolute atomic E-state index is 9.10. The minimum absolute atomic E-state index is 0.108. The molecule has 0 radical (unpaired) electrons. The third kappa shape index (κ3) is 1.69. The summed E-state index contributed by atoms with van der Waals surface area (Å²) in [5.74, 6) is 0.895. The molecule has 2 aromatic heterocycles. The Kier molecular flexibility index (Phi) is 3.14. The van der Waals surface area contributed by atoms with E-state index < -0.39 is 6.04 Å². The maximum atomic E-state index is 9.10. The second-order valence-corrected chi connectivity index (χ2v) is 4.00. The van der Waals surface area contributed by atoms with Crippen LogP contribution in [-0.4, -0.2) is 21.1 Å². The Morgan fingerprint density at radius 2 is 2.38 bits per heavy atom. The van der Waals surface area contributed by atoms with Crippen LogP contribution < -0.4 is 5.73 Å². The van der Waals surface area contributed by atoms with Gasteiger partial charge in [0.25, 0.3) is 0 Å². The normalized spacial score (nSPS) is 13.2. The molecule has 4 nitrogen and oxygen atoms in total. The van der Waals surface area contributed by atoms with E-state index in [-0.39, 0.29) is 6.61 Å². The van der Waals surface area contributed by atoms with Crippen LogP contribution in [-0.2, 0) is 6.42 Å². The zero-order valence-corrected chi connectivity index (χ0v) is 9.78. The summed E-state index contributed by atoms with van der Waals surface area (Å²) in [5, 5.41) is 9.55. The lowest BCUT2D eigenvalue weighted by Crippen LogP contribution is -2.15. The van der Waals surface area contributed by atoms with Crippen molar-refractivity contribution in [2.24, 2.45) is 5.73 Å². The number of imidazole rings is 1.